The van der Waals surface area contributed by atoms with Crippen molar-refractivity contribution in [2.75, 3.05) is 6.54 Å². The lowest BCUT2D eigenvalue weighted by atomic mass is 10.1. The average molecular weight is 221 g/mol. The molecule has 0 saturated heterocycles. The van der Waals surface area contributed by atoms with Crippen molar-refractivity contribution < 1.29 is 9.18 Å². The first-order chi connectivity index (χ1) is 7.61. The Labute approximate surface area is 95.2 Å². The van der Waals surface area contributed by atoms with E-state index in [4.69, 9.17) is 0 Å². The Hall–Kier alpha value is -1.64. The minimum atomic E-state index is -0.182. The second-order valence-electron chi connectivity index (χ2n) is 3.65. The van der Waals surface area contributed by atoms with Gasteiger partial charge in [-0.25, -0.2) is 4.39 Å². The average Bonchev–Trinajstić information content (AvgIpc) is 2.23. The van der Waals surface area contributed by atoms with Gasteiger partial charge in [0, 0.05) is 19.0 Å². The molecule has 0 unspecified atom stereocenters. The normalized spacial score (nSPS) is 10.7. The molecule has 0 aliphatic heterocycles. The Bertz CT molecular complexity index is 399. The van der Waals surface area contributed by atoms with Crippen LogP contribution in [-0.2, 0) is 4.79 Å². The standard InChI is InChI=1S/C13H16FNO/c1-10-6-5-8-12(13(10)14)7-3-4-9-15-11(2)16/h3,5-8H,4,9H2,1-2H3,(H,15,16). The van der Waals surface area contributed by atoms with Gasteiger partial charge in [0.1, 0.15) is 5.82 Å². The van der Waals surface area contributed by atoms with E-state index in [9.17, 15) is 9.18 Å². The second-order valence-corrected chi connectivity index (χ2v) is 3.65. The van der Waals surface area contributed by atoms with Crippen LogP contribution >= 0.6 is 0 Å². The summed E-state index contributed by atoms with van der Waals surface area (Å²) in [4.78, 5) is 10.6. The van der Waals surface area contributed by atoms with Gasteiger partial charge in [-0.1, -0.05) is 30.4 Å². The zero-order valence-electron chi connectivity index (χ0n) is 9.59. The van der Waals surface area contributed by atoms with Crippen LogP contribution in [0.5, 0.6) is 0 Å². The summed E-state index contributed by atoms with van der Waals surface area (Å²) >= 11 is 0. The van der Waals surface area contributed by atoms with E-state index in [-0.39, 0.29) is 11.7 Å². The van der Waals surface area contributed by atoms with Gasteiger partial charge in [0.15, 0.2) is 0 Å². The van der Waals surface area contributed by atoms with Gasteiger partial charge in [0.05, 0.1) is 0 Å². The molecule has 1 N–H and O–H groups in total. The van der Waals surface area contributed by atoms with Gasteiger partial charge >= 0.3 is 0 Å². The quantitative estimate of drug-likeness (QED) is 0.778. The van der Waals surface area contributed by atoms with Gasteiger partial charge in [0.25, 0.3) is 0 Å². The number of nitrogens with one attached hydrogen (secondary N) is 1. The Morgan fingerprint density at radius 1 is 1.50 bits per heavy atom. The molecule has 1 aromatic rings. The minimum absolute atomic E-state index is 0.0462. The van der Waals surface area contributed by atoms with Gasteiger partial charge < -0.3 is 5.32 Å². The number of amides is 1. The van der Waals surface area contributed by atoms with E-state index >= 15 is 0 Å². The van der Waals surface area contributed by atoms with Crippen molar-refractivity contribution >= 4 is 12.0 Å². The number of hydrogen-bond acceptors (Lipinski definition) is 1. The molecule has 0 aromatic heterocycles. The lowest BCUT2D eigenvalue weighted by molar-refractivity contribution is -0.118. The third-order valence-electron chi connectivity index (χ3n) is 2.20. The van der Waals surface area contributed by atoms with E-state index in [0.29, 0.717) is 24.1 Å². The highest BCUT2D eigenvalue weighted by atomic mass is 19.1. The van der Waals surface area contributed by atoms with Crippen molar-refractivity contribution in [3.8, 4) is 0 Å². The first-order valence-electron chi connectivity index (χ1n) is 5.27. The summed E-state index contributed by atoms with van der Waals surface area (Å²) in [6, 6.07) is 5.30. The largest absolute Gasteiger partial charge is 0.356 e. The molecule has 3 heteroatoms. The van der Waals surface area contributed by atoms with Crippen LogP contribution in [0, 0.1) is 12.7 Å². The van der Waals surface area contributed by atoms with Crippen LogP contribution in [0.4, 0.5) is 4.39 Å². The third-order valence-corrected chi connectivity index (χ3v) is 2.20. The van der Waals surface area contributed by atoms with Crippen molar-refractivity contribution in [1.82, 2.24) is 5.32 Å². The van der Waals surface area contributed by atoms with Gasteiger partial charge in [-0.05, 0) is 18.9 Å². The third kappa shape index (κ3) is 3.85. The summed E-state index contributed by atoms with van der Waals surface area (Å²) < 4.78 is 13.5. The van der Waals surface area contributed by atoms with E-state index in [1.54, 1.807) is 25.1 Å². The minimum Gasteiger partial charge on any atom is -0.356 e. The van der Waals surface area contributed by atoms with Gasteiger partial charge in [-0.15, -0.1) is 0 Å². The molecule has 0 aliphatic carbocycles. The van der Waals surface area contributed by atoms with E-state index in [2.05, 4.69) is 5.32 Å². The molecule has 86 valence electrons. The van der Waals surface area contributed by atoms with Crippen molar-refractivity contribution in [2.24, 2.45) is 0 Å². The molecule has 0 fully saturated rings. The summed E-state index contributed by atoms with van der Waals surface area (Å²) in [6.45, 7) is 3.80. The van der Waals surface area contributed by atoms with Crippen LogP contribution in [0.15, 0.2) is 24.3 Å². The van der Waals surface area contributed by atoms with Crippen LogP contribution < -0.4 is 5.32 Å². The number of carbonyl (C=O) groups excluding carboxylic acids is 1. The summed E-state index contributed by atoms with van der Waals surface area (Å²) in [6.07, 6.45) is 4.30. The van der Waals surface area contributed by atoms with Crippen LogP contribution in [-0.4, -0.2) is 12.5 Å². The Balaban J connectivity index is 2.50. The highest BCUT2D eigenvalue weighted by molar-refractivity contribution is 5.72. The maximum atomic E-state index is 13.5. The molecule has 0 saturated carbocycles. The zero-order valence-corrected chi connectivity index (χ0v) is 9.59. The fourth-order valence-corrected chi connectivity index (χ4v) is 1.34. The van der Waals surface area contributed by atoms with Crippen molar-refractivity contribution in [3.63, 3.8) is 0 Å². The molecular weight excluding hydrogens is 205 g/mol. The maximum absolute atomic E-state index is 13.5. The van der Waals surface area contributed by atoms with E-state index in [0.717, 1.165) is 0 Å². The summed E-state index contributed by atoms with van der Waals surface area (Å²) in [7, 11) is 0. The summed E-state index contributed by atoms with van der Waals surface area (Å²) in [5.41, 5.74) is 1.23. The highest BCUT2D eigenvalue weighted by Crippen LogP contribution is 2.13. The van der Waals surface area contributed by atoms with Crippen LogP contribution in [0.3, 0.4) is 0 Å². The lowest BCUT2D eigenvalue weighted by Gasteiger charge is -2.00. The molecule has 1 aromatic carbocycles. The molecule has 0 radical (unpaired) electrons. The van der Waals surface area contributed by atoms with Gasteiger partial charge in [0.2, 0.25) is 5.91 Å². The molecule has 1 amide bonds. The highest BCUT2D eigenvalue weighted by Gasteiger charge is 2.00. The van der Waals surface area contributed by atoms with Crippen LogP contribution in [0.2, 0.25) is 0 Å². The number of benzene rings is 1. The number of hydrogen-bond donors (Lipinski definition) is 1. The van der Waals surface area contributed by atoms with Crippen LogP contribution in [0.25, 0.3) is 6.08 Å². The molecule has 1 rings (SSSR count). The van der Waals surface area contributed by atoms with Crippen molar-refractivity contribution in [2.45, 2.75) is 20.3 Å². The molecule has 0 atom stereocenters. The number of aryl methyl sites for hydroxylation is 1. The first kappa shape index (κ1) is 12.4. The van der Waals surface area contributed by atoms with Crippen molar-refractivity contribution in [1.29, 1.82) is 0 Å². The van der Waals surface area contributed by atoms with Gasteiger partial charge in [-0.2, -0.15) is 0 Å². The fraction of sp³-hybridized carbons (Fsp3) is 0.308. The molecule has 2 nitrogen and oxygen atoms in total. The van der Waals surface area contributed by atoms with Gasteiger partial charge in [-0.3, -0.25) is 4.79 Å². The molecule has 0 bridgehead atoms. The topological polar surface area (TPSA) is 29.1 Å². The van der Waals surface area contributed by atoms with Crippen LogP contribution in [0.1, 0.15) is 24.5 Å². The first-order valence-corrected chi connectivity index (χ1v) is 5.27. The second kappa shape index (κ2) is 6.05. The smallest absolute Gasteiger partial charge is 0.216 e. The number of carbonyl (C=O) groups is 1. The molecule has 16 heavy (non-hydrogen) atoms. The lowest BCUT2D eigenvalue weighted by Crippen LogP contribution is -2.20. The monoisotopic (exact) mass is 221 g/mol. The zero-order chi connectivity index (χ0) is 12.0. The Morgan fingerprint density at radius 2 is 2.25 bits per heavy atom. The summed E-state index contributed by atoms with van der Waals surface area (Å²) in [5, 5.41) is 2.67. The molecule has 0 spiro atoms. The molecule has 0 aliphatic rings. The SMILES string of the molecule is CC(=O)NCCC=Cc1cccc(C)c1F. The fourth-order valence-electron chi connectivity index (χ4n) is 1.34. The van der Waals surface area contributed by atoms with E-state index < -0.39 is 0 Å². The number of rotatable bonds is 4. The number of halogens is 1. The molecule has 0 heterocycles. The van der Waals surface area contributed by atoms with E-state index in [1.165, 1.54) is 6.92 Å². The van der Waals surface area contributed by atoms with Crippen molar-refractivity contribution in [3.05, 3.63) is 41.2 Å². The Morgan fingerprint density at radius 3 is 2.94 bits per heavy atom. The molecular formula is C13H16FNO. The van der Waals surface area contributed by atoms with E-state index in [1.807, 2.05) is 12.1 Å². The predicted molar refractivity (Wildman–Crippen MR) is 63.5 cm³/mol. The maximum Gasteiger partial charge on any atom is 0.216 e. The Kier molecular flexibility index (Phi) is 4.70. The predicted octanol–water partition coefficient (Wildman–Crippen LogP) is 2.67. The summed E-state index contributed by atoms with van der Waals surface area (Å²) in [5.74, 6) is -0.228.